The summed E-state index contributed by atoms with van der Waals surface area (Å²) in [5.74, 6) is 0.845. The van der Waals surface area contributed by atoms with E-state index in [1.807, 2.05) is 55.5 Å². The minimum absolute atomic E-state index is 0.0276. The number of aryl methyl sites for hydroxylation is 1. The molecule has 0 atom stereocenters. The number of nitro groups is 1. The first-order valence-corrected chi connectivity index (χ1v) is 8.39. The van der Waals surface area contributed by atoms with Gasteiger partial charge in [-0.25, -0.2) is 0 Å². The molecule has 0 heterocycles. The number of rotatable bonds is 6. The van der Waals surface area contributed by atoms with Gasteiger partial charge in [-0.3, -0.25) is 14.9 Å². The Morgan fingerprint density at radius 2 is 1.59 bits per heavy atom. The van der Waals surface area contributed by atoms with Crippen molar-refractivity contribution in [3.63, 3.8) is 0 Å². The average Bonchev–Trinajstić information content (AvgIpc) is 2.68. The number of hydrogen-bond donors (Lipinski definition) is 1. The Kier molecular flexibility index (Phi) is 5.47. The van der Waals surface area contributed by atoms with Gasteiger partial charge in [0.05, 0.1) is 4.92 Å². The smallest absolute Gasteiger partial charge is 0.282 e. The first-order valence-electron chi connectivity index (χ1n) is 8.39. The molecule has 0 aliphatic heterocycles. The lowest BCUT2D eigenvalue weighted by Gasteiger charge is -2.13. The molecule has 0 saturated heterocycles. The molecular formula is C21H18N2O4. The quantitative estimate of drug-likeness (QED) is 0.512. The molecule has 6 heteroatoms. The Morgan fingerprint density at radius 1 is 0.963 bits per heavy atom. The van der Waals surface area contributed by atoms with Crippen LogP contribution in [-0.4, -0.2) is 10.8 Å². The number of amides is 1. The van der Waals surface area contributed by atoms with Crippen molar-refractivity contribution in [2.45, 2.75) is 13.5 Å². The van der Waals surface area contributed by atoms with E-state index in [2.05, 4.69) is 5.32 Å². The maximum atomic E-state index is 12.4. The van der Waals surface area contributed by atoms with E-state index in [0.29, 0.717) is 5.75 Å². The van der Waals surface area contributed by atoms with Crippen LogP contribution in [0.25, 0.3) is 0 Å². The largest absolute Gasteiger partial charge is 0.457 e. The third-order valence-corrected chi connectivity index (χ3v) is 4.07. The van der Waals surface area contributed by atoms with Crippen molar-refractivity contribution < 1.29 is 14.5 Å². The van der Waals surface area contributed by atoms with E-state index in [1.54, 1.807) is 6.07 Å². The lowest BCUT2D eigenvalue weighted by Crippen LogP contribution is -2.23. The molecule has 0 saturated carbocycles. The van der Waals surface area contributed by atoms with Crippen LogP contribution < -0.4 is 10.1 Å². The minimum Gasteiger partial charge on any atom is -0.457 e. The van der Waals surface area contributed by atoms with E-state index in [1.165, 1.54) is 18.2 Å². The predicted octanol–water partition coefficient (Wildman–Crippen LogP) is 4.63. The molecule has 0 aliphatic carbocycles. The number of nitrogens with one attached hydrogen (secondary N) is 1. The molecule has 1 amide bonds. The van der Waals surface area contributed by atoms with Crippen molar-refractivity contribution >= 4 is 11.6 Å². The molecule has 0 spiro atoms. The molecule has 27 heavy (non-hydrogen) atoms. The molecule has 0 aromatic heterocycles. The van der Waals surface area contributed by atoms with Gasteiger partial charge in [-0.05, 0) is 30.7 Å². The molecular weight excluding hydrogens is 344 g/mol. The number of hydrogen-bond acceptors (Lipinski definition) is 4. The van der Waals surface area contributed by atoms with E-state index in [9.17, 15) is 14.9 Å². The normalized spacial score (nSPS) is 10.3. The first-order chi connectivity index (χ1) is 13.1. The molecule has 6 nitrogen and oxygen atoms in total. The maximum absolute atomic E-state index is 12.4. The number of ether oxygens (including phenoxy) is 1. The van der Waals surface area contributed by atoms with Crippen LogP contribution in [0.5, 0.6) is 11.5 Å². The van der Waals surface area contributed by atoms with Crippen molar-refractivity contribution in [2.24, 2.45) is 0 Å². The average molecular weight is 362 g/mol. The number of nitrogens with zero attached hydrogens (tertiary/aromatic N) is 1. The zero-order chi connectivity index (χ0) is 19.2. The molecule has 0 radical (unpaired) electrons. The van der Waals surface area contributed by atoms with Crippen molar-refractivity contribution in [1.82, 2.24) is 5.32 Å². The fraction of sp³-hybridized carbons (Fsp3) is 0.0952. The second kappa shape index (κ2) is 8.14. The van der Waals surface area contributed by atoms with Crippen LogP contribution in [0.3, 0.4) is 0 Å². The topological polar surface area (TPSA) is 81.5 Å². The summed E-state index contributed by atoms with van der Waals surface area (Å²) < 4.78 is 5.98. The number of carbonyl (C=O) groups excluding carboxylic acids is 1. The Morgan fingerprint density at radius 3 is 2.33 bits per heavy atom. The van der Waals surface area contributed by atoms with E-state index in [0.717, 1.165) is 16.9 Å². The lowest BCUT2D eigenvalue weighted by atomic mass is 10.1. The fourth-order valence-corrected chi connectivity index (χ4v) is 2.63. The Labute approximate surface area is 156 Å². The van der Waals surface area contributed by atoms with Crippen LogP contribution in [0.15, 0.2) is 72.8 Å². The summed E-state index contributed by atoms with van der Waals surface area (Å²) in [7, 11) is 0. The Balaban J connectivity index is 1.77. The van der Waals surface area contributed by atoms with E-state index < -0.39 is 10.8 Å². The lowest BCUT2D eigenvalue weighted by molar-refractivity contribution is -0.385. The SMILES string of the molecule is Cc1ccccc1Oc1ccccc1CNC(=O)c1ccccc1[N+](=O)[O-]. The van der Waals surface area contributed by atoms with Crippen LogP contribution >= 0.6 is 0 Å². The molecule has 3 aromatic carbocycles. The van der Waals surface area contributed by atoms with Gasteiger partial charge in [0, 0.05) is 18.2 Å². The summed E-state index contributed by atoms with van der Waals surface area (Å²) >= 11 is 0. The predicted molar refractivity (Wildman–Crippen MR) is 102 cm³/mol. The molecule has 0 unspecified atom stereocenters. The van der Waals surface area contributed by atoms with Crippen LogP contribution in [0.1, 0.15) is 21.5 Å². The molecule has 0 bridgehead atoms. The summed E-state index contributed by atoms with van der Waals surface area (Å²) in [6.45, 7) is 2.14. The molecule has 3 aromatic rings. The second-order valence-corrected chi connectivity index (χ2v) is 5.93. The molecule has 3 rings (SSSR count). The van der Waals surface area contributed by atoms with Crippen molar-refractivity contribution in [3.05, 3.63) is 99.6 Å². The van der Waals surface area contributed by atoms with Gasteiger partial charge in [0.2, 0.25) is 0 Å². The number of para-hydroxylation sites is 3. The van der Waals surface area contributed by atoms with Gasteiger partial charge < -0.3 is 10.1 Å². The van der Waals surface area contributed by atoms with E-state index >= 15 is 0 Å². The third kappa shape index (κ3) is 4.30. The minimum atomic E-state index is -0.565. The van der Waals surface area contributed by atoms with Gasteiger partial charge in [0.1, 0.15) is 17.1 Å². The number of carbonyl (C=O) groups is 1. The molecule has 136 valence electrons. The number of nitro benzene ring substituents is 1. The summed E-state index contributed by atoms with van der Waals surface area (Å²) in [4.78, 5) is 22.9. The zero-order valence-corrected chi connectivity index (χ0v) is 14.7. The van der Waals surface area contributed by atoms with Crippen molar-refractivity contribution in [2.75, 3.05) is 0 Å². The highest BCUT2D eigenvalue weighted by atomic mass is 16.6. The van der Waals surface area contributed by atoms with Gasteiger partial charge in [-0.15, -0.1) is 0 Å². The van der Waals surface area contributed by atoms with Gasteiger partial charge in [-0.1, -0.05) is 48.5 Å². The van der Waals surface area contributed by atoms with Gasteiger partial charge in [-0.2, -0.15) is 0 Å². The highest BCUT2D eigenvalue weighted by Crippen LogP contribution is 2.27. The summed E-state index contributed by atoms with van der Waals surface area (Å²) in [5, 5.41) is 13.8. The second-order valence-electron chi connectivity index (χ2n) is 5.93. The molecule has 0 fully saturated rings. The Bertz CT molecular complexity index is 985. The zero-order valence-electron chi connectivity index (χ0n) is 14.7. The standard InChI is InChI=1S/C21H18N2O4/c1-15-8-2-6-12-19(15)27-20-13-7-3-9-16(20)14-22-21(24)17-10-4-5-11-18(17)23(25)26/h2-13H,14H2,1H3,(H,22,24). The van der Waals surface area contributed by atoms with Crippen LogP contribution in [0, 0.1) is 17.0 Å². The highest BCUT2D eigenvalue weighted by Gasteiger charge is 2.19. The third-order valence-electron chi connectivity index (χ3n) is 4.07. The van der Waals surface area contributed by atoms with Crippen LogP contribution in [0.4, 0.5) is 5.69 Å². The molecule has 0 aliphatic rings. The van der Waals surface area contributed by atoms with Crippen LogP contribution in [0.2, 0.25) is 0 Å². The van der Waals surface area contributed by atoms with Crippen LogP contribution in [-0.2, 0) is 6.54 Å². The molecule has 1 N–H and O–H groups in total. The summed E-state index contributed by atoms with van der Waals surface area (Å²) in [6.07, 6.45) is 0. The van der Waals surface area contributed by atoms with E-state index in [-0.39, 0.29) is 17.8 Å². The van der Waals surface area contributed by atoms with Crippen molar-refractivity contribution in [3.8, 4) is 11.5 Å². The van der Waals surface area contributed by atoms with Gasteiger partial charge >= 0.3 is 0 Å². The van der Waals surface area contributed by atoms with Crippen molar-refractivity contribution in [1.29, 1.82) is 0 Å². The van der Waals surface area contributed by atoms with Gasteiger partial charge in [0.15, 0.2) is 0 Å². The Hall–Kier alpha value is -3.67. The highest BCUT2D eigenvalue weighted by molar-refractivity contribution is 5.98. The first kappa shape index (κ1) is 18.1. The van der Waals surface area contributed by atoms with E-state index in [4.69, 9.17) is 4.74 Å². The number of benzene rings is 3. The summed E-state index contributed by atoms with van der Waals surface area (Å²) in [5.41, 5.74) is 1.57. The fourth-order valence-electron chi connectivity index (χ4n) is 2.63. The van der Waals surface area contributed by atoms with Gasteiger partial charge in [0.25, 0.3) is 11.6 Å². The maximum Gasteiger partial charge on any atom is 0.282 e. The summed E-state index contributed by atoms with van der Waals surface area (Å²) in [6, 6.07) is 20.9. The monoisotopic (exact) mass is 362 g/mol.